The van der Waals surface area contributed by atoms with Crippen molar-refractivity contribution >= 4 is 35.6 Å². The van der Waals surface area contributed by atoms with E-state index in [2.05, 4.69) is 12.2 Å². The fourth-order valence-corrected chi connectivity index (χ4v) is 2.87. The average Bonchev–Trinajstić information content (AvgIpc) is 2.52. The Morgan fingerprint density at radius 2 is 2.09 bits per heavy atom. The van der Waals surface area contributed by atoms with Crippen LogP contribution in [0.5, 0.6) is 0 Å². The van der Waals surface area contributed by atoms with Crippen LogP contribution in [0.15, 0.2) is 18.2 Å². The Labute approximate surface area is 146 Å². The van der Waals surface area contributed by atoms with E-state index in [1.807, 2.05) is 0 Å². The van der Waals surface area contributed by atoms with Gasteiger partial charge in [0.05, 0.1) is 4.92 Å². The highest BCUT2D eigenvalue weighted by atomic mass is 35.5. The number of piperidine rings is 1. The van der Waals surface area contributed by atoms with Crippen molar-refractivity contribution in [2.24, 2.45) is 5.92 Å². The third-order valence-electron chi connectivity index (χ3n) is 3.97. The lowest BCUT2D eigenvalue weighted by Gasteiger charge is -2.32. The van der Waals surface area contributed by atoms with Crippen molar-refractivity contribution in [1.82, 2.24) is 10.2 Å². The SMILES string of the molecule is CCNCC1CCN(C(=O)c2cc(Cl)ccc2[N+](=O)[O-])CC1.Cl. The van der Waals surface area contributed by atoms with Crippen LogP contribution in [-0.4, -0.2) is 41.9 Å². The summed E-state index contributed by atoms with van der Waals surface area (Å²) in [5.74, 6) is 0.245. The molecule has 1 aromatic rings. The van der Waals surface area contributed by atoms with E-state index in [9.17, 15) is 14.9 Å². The topological polar surface area (TPSA) is 75.5 Å². The molecule has 0 aliphatic carbocycles. The molecule has 1 fully saturated rings. The minimum atomic E-state index is -0.540. The van der Waals surface area contributed by atoms with Gasteiger partial charge in [0.1, 0.15) is 5.56 Å². The zero-order chi connectivity index (χ0) is 16.1. The van der Waals surface area contributed by atoms with E-state index in [0.717, 1.165) is 25.9 Å². The molecule has 1 aromatic carbocycles. The summed E-state index contributed by atoms with van der Waals surface area (Å²) in [6, 6.07) is 4.10. The van der Waals surface area contributed by atoms with Gasteiger partial charge in [-0.05, 0) is 44.0 Å². The van der Waals surface area contributed by atoms with Gasteiger partial charge in [0, 0.05) is 24.2 Å². The maximum atomic E-state index is 12.5. The van der Waals surface area contributed by atoms with Crippen LogP contribution >= 0.6 is 24.0 Å². The zero-order valence-electron chi connectivity index (χ0n) is 13.0. The fourth-order valence-electron chi connectivity index (χ4n) is 2.70. The minimum absolute atomic E-state index is 0. The molecule has 23 heavy (non-hydrogen) atoms. The standard InChI is InChI=1S/C15H20ClN3O3.ClH/c1-2-17-10-11-5-7-18(8-6-11)15(20)13-9-12(16)3-4-14(13)19(21)22;/h3-4,9,11,17H,2,5-8,10H2,1H3;1H. The lowest BCUT2D eigenvalue weighted by atomic mass is 9.96. The smallest absolute Gasteiger partial charge is 0.282 e. The van der Waals surface area contributed by atoms with Gasteiger partial charge in [-0.1, -0.05) is 18.5 Å². The first-order chi connectivity index (χ1) is 10.5. The molecule has 1 aliphatic rings. The number of nitro groups is 1. The molecule has 8 heteroatoms. The lowest BCUT2D eigenvalue weighted by Crippen LogP contribution is -2.41. The lowest BCUT2D eigenvalue weighted by molar-refractivity contribution is -0.385. The van der Waals surface area contributed by atoms with Crippen molar-refractivity contribution in [3.8, 4) is 0 Å². The number of nitro benzene ring substituents is 1. The van der Waals surface area contributed by atoms with Gasteiger partial charge >= 0.3 is 0 Å². The Balaban J connectivity index is 0.00000264. The highest BCUT2D eigenvalue weighted by molar-refractivity contribution is 6.31. The van der Waals surface area contributed by atoms with Crippen LogP contribution in [0.4, 0.5) is 5.69 Å². The molecule has 6 nitrogen and oxygen atoms in total. The molecule has 1 saturated heterocycles. The van der Waals surface area contributed by atoms with E-state index in [1.54, 1.807) is 4.90 Å². The Morgan fingerprint density at radius 1 is 1.43 bits per heavy atom. The number of carbonyl (C=O) groups is 1. The number of hydrogen-bond acceptors (Lipinski definition) is 4. The van der Waals surface area contributed by atoms with Crippen molar-refractivity contribution in [2.45, 2.75) is 19.8 Å². The largest absolute Gasteiger partial charge is 0.338 e. The third kappa shape index (κ3) is 5.06. The molecular formula is C15H21Cl2N3O3. The summed E-state index contributed by atoms with van der Waals surface area (Å²) in [5.41, 5.74) is -0.119. The second-order valence-electron chi connectivity index (χ2n) is 5.46. The van der Waals surface area contributed by atoms with Crippen LogP contribution in [0.25, 0.3) is 0 Å². The molecule has 0 saturated carbocycles. The predicted molar refractivity (Wildman–Crippen MR) is 92.5 cm³/mol. The Hall–Kier alpha value is -1.37. The molecule has 0 unspecified atom stereocenters. The van der Waals surface area contributed by atoms with Crippen LogP contribution in [0.1, 0.15) is 30.1 Å². The number of likely N-dealkylation sites (tertiary alicyclic amines) is 1. The van der Waals surface area contributed by atoms with Crippen molar-refractivity contribution in [1.29, 1.82) is 0 Å². The highest BCUT2D eigenvalue weighted by Crippen LogP contribution is 2.26. The molecule has 1 N–H and O–H groups in total. The number of carbonyl (C=O) groups excluding carboxylic acids is 1. The summed E-state index contributed by atoms with van der Waals surface area (Å²) in [6.45, 7) is 5.21. The number of nitrogens with zero attached hydrogens (tertiary/aromatic N) is 2. The van der Waals surface area contributed by atoms with Gasteiger partial charge in [-0.15, -0.1) is 12.4 Å². The summed E-state index contributed by atoms with van der Waals surface area (Å²) in [5, 5.41) is 14.7. The number of amides is 1. The first-order valence-corrected chi connectivity index (χ1v) is 7.84. The van der Waals surface area contributed by atoms with E-state index in [-0.39, 0.29) is 29.6 Å². The molecule has 128 valence electrons. The third-order valence-corrected chi connectivity index (χ3v) is 4.21. The summed E-state index contributed by atoms with van der Waals surface area (Å²) >= 11 is 5.88. The number of rotatable bonds is 5. The van der Waals surface area contributed by atoms with Crippen LogP contribution in [-0.2, 0) is 0 Å². The fraction of sp³-hybridized carbons (Fsp3) is 0.533. The van der Waals surface area contributed by atoms with Gasteiger partial charge in [-0.3, -0.25) is 14.9 Å². The Kier molecular flexibility index (Phi) is 7.75. The molecule has 1 heterocycles. The van der Waals surface area contributed by atoms with Crippen LogP contribution in [0, 0.1) is 16.0 Å². The maximum absolute atomic E-state index is 12.5. The number of hydrogen-bond donors (Lipinski definition) is 1. The average molecular weight is 362 g/mol. The van der Waals surface area contributed by atoms with Crippen molar-refractivity contribution < 1.29 is 9.72 Å². The van der Waals surface area contributed by atoms with Crippen molar-refractivity contribution in [3.63, 3.8) is 0 Å². The Bertz CT molecular complexity index is 561. The zero-order valence-corrected chi connectivity index (χ0v) is 14.5. The first kappa shape index (κ1) is 19.7. The summed E-state index contributed by atoms with van der Waals surface area (Å²) < 4.78 is 0. The molecule has 2 rings (SSSR count). The van der Waals surface area contributed by atoms with E-state index in [4.69, 9.17) is 11.6 Å². The van der Waals surface area contributed by atoms with Crippen LogP contribution < -0.4 is 5.32 Å². The molecule has 0 atom stereocenters. The number of benzene rings is 1. The number of halogens is 2. The van der Waals surface area contributed by atoms with Crippen LogP contribution in [0.3, 0.4) is 0 Å². The normalized spacial score (nSPS) is 15.1. The summed E-state index contributed by atoms with van der Waals surface area (Å²) in [4.78, 5) is 24.8. The quantitative estimate of drug-likeness (QED) is 0.645. The molecule has 0 bridgehead atoms. The Morgan fingerprint density at radius 3 is 2.65 bits per heavy atom. The van der Waals surface area contributed by atoms with E-state index in [0.29, 0.717) is 24.0 Å². The molecule has 1 amide bonds. The highest BCUT2D eigenvalue weighted by Gasteiger charge is 2.28. The second kappa shape index (κ2) is 9.05. The maximum Gasteiger partial charge on any atom is 0.282 e. The van der Waals surface area contributed by atoms with Gasteiger partial charge < -0.3 is 10.2 Å². The molecule has 0 radical (unpaired) electrons. The molecule has 0 spiro atoms. The van der Waals surface area contributed by atoms with Gasteiger partial charge in [0.25, 0.3) is 11.6 Å². The van der Waals surface area contributed by atoms with E-state index < -0.39 is 4.92 Å². The molecule has 0 aromatic heterocycles. The van der Waals surface area contributed by atoms with Gasteiger partial charge in [-0.25, -0.2) is 0 Å². The van der Waals surface area contributed by atoms with E-state index >= 15 is 0 Å². The molecular weight excluding hydrogens is 341 g/mol. The van der Waals surface area contributed by atoms with Crippen molar-refractivity contribution in [3.05, 3.63) is 38.9 Å². The van der Waals surface area contributed by atoms with Crippen LogP contribution in [0.2, 0.25) is 5.02 Å². The summed E-state index contributed by atoms with van der Waals surface area (Å²) in [7, 11) is 0. The monoisotopic (exact) mass is 361 g/mol. The van der Waals surface area contributed by atoms with E-state index in [1.165, 1.54) is 18.2 Å². The number of nitrogens with one attached hydrogen (secondary N) is 1. The van der Waals surface area contributed by atoms with Gasteiger partial charge in [0.15, 0.2) is 0 Å². The summed E-state index contributed by atoms with van der Waals surface area (Å²) in [6.07, 6.45) is 1.82. The first-order valence-electron chi connectivity index (χ1n) is 7.46. The van der Waals surface area contributed by atoms with Gasteiger partial charge in [0.2, 0.25) is 0 Å². The second-order valence-corrected chi connectivity index (χ2v) is 5.90. The molecule has 1 aliphatic heterocycles. The predicted octanol–water partition coefficient (Wildman–Crippen LogP) is 3.13. The van der Waals surface area contributed by atoms with Crippen molar-refractivity contribution in [2.75, 3.05) is 26.2 Å². The minimum Gasteiger partial charge on any atom is -0.338 e. The van der Waals surface area contributed by atoms with Gasteiger partial charge in [-0.2, -0.15) is 0 Å².